The number of hydrogen-bond acceptors (Lipinski definition) is 4. The van der Waals surface area contributed by atoms with Crippen molar-refractivity contribution in [3.05, 3.63) is 59.9 Å². The van der Waals surface area contributed by atoms with E-state index < -0.39 is 0 Å². The predicted molar refractivity (Wildman–Crippen MR) is 92.1 cm³/mol. The molecule has 1 aromatic heterocycles. The zero-order valence-electron chi connectivity index (χ0n) is 13.8. The van der Waals surface area contributed by atoms with Gasteiger partial charge in [-0.2, -0.15) is 5.10 Å². The van der Waals surface area contributed by atoms with E-state index in [1.165, 1.54) is 30.4 Å². The highest BCUT2D eigenvalue weighted by atomic mass is 16.5. The van der Waals surface area contributed by atoms with E-state index in [0.29, 0.717) is 12.5 Å². The van der Waals surface area contributed by atoms with E-state index in [9.17, 15) is 5.11 Å². The first-order chi connectivity index (χ1) is 11.8. The van der Waals surface area contributed by atoms with Crippen LogP contribution in [0.3, 0.4) is 0 Å². The molecule has 1 N–H and O–H groups in total. The molecule has 1 aliphatic heterocycles. The van der Waals surface area contributed by atoms with Crippen molar-refractivity contribution < 1.29 is 9.84 Å². The van der Waals surface area contributed by atoms with Gasteiger partial charge in [-0.1, -0.05) is 18.2 Å². The largest absolute Gasteiger partial charge is 0.494 e. The maximum absolute atomic E-state index is 9.89. The number of nitrogens with zero attached hydrogens (tertiary/aromatic N) is 3. The summed E-state index contributed by atoms with van der Waals surface area (Å²) in [7, 11) is 0. The van der Waals surface area contributed by atoms with Crippen LogP contribution in [0.1, 0.15) is 36.4 Å². The lowest BCUT2D eigenvalue weighted by molar-refractivity contribution is 0.0929. The summed E-state index contributed by atoms with van der Waals surface area (Å²) in [5.41, 5.74) is 3.86. The molecule has 1 atom stereocenters. The van der Waals surface area contributed by atoms with Gasteiger partial charge in [0.1, 0.15) is 12.9 Å². The molecule has 2 aliphatic rings. The van der Waals surface area contributed by atoms with Gasteiger partial charge in [0.15, 0.2) is 0 Å². The van der Waals surface area contributed by atoms with E-state index >= 15 is 0 Å². The molecule has 126 valence electrons. The van der Waals surface area contributed by atoms with E-state index in [1.807, 2.05) is 17.2 Å². The Morgan fingerprint density at radius 3 is 2.96 bits per heavy atom. The summed E-state index contributed by atoms with van der Waals surface area (Å²) >= 11 is 0. The molecule has 1 unspecified atom stereocenters. The molecule has 24 heavy (non-hydrogen) atoms. The van der Waals surface area contributed by atoms with Crippen LogP contribution in [0.2, 0.25) is 0 Å². The van der Waals surface area contributed by atoms with Gasteiger partial charge in [0.05, 0.1) is 18.4 Å². The smallest absolute Gasteiger partial charge is 0.222 e. The summed E-state index contributed by atoms with van der Waals surface area (Å²) < 4.78 is 7.24. The second kappa shape index (κ2) is 6.59. The Labute approximate surface area is 142 Å². The van der Waals surface area contributed by atoms with E-state index in [1.54, 1.807) is 0 Å². The lowest BCUT2D eigenvalue weighted by atomic mass is 9.84. The second-order valence-corrected chi connectivity index (χ2v) is 6.51. The summed E-state index contributed by atoms with van der Waals surface area (Å²) in [4.78, 5) is 2.00. The number of aromatic nitrogens is 2. The van der Waals surface area contributed by atoms with Gasteiger partial charge < -0.3 is 14.7 Å². The van der Waals surface area contributed by atoms with Crippen molar-refractivity contribution in [2.24, 2.45) is 0 Å². The van der Waals surface area contributed by atoms with Crippen molar-refractivity contribution in [1.82, 2.24) is 14.7 Å². The molecular weight excluding hydrogens is 302 g/mol. The van der Waals surface area contributed by atoms with Crippen molar-refractivity contribution in [2.75, 3.05) is 19.7 Å². The summed E-state index contributed by atoms with van der Waals surface area (Å²) in [5, 5.41) is 14.5. The van der Waals surface area contributed by atoms with Gasteiger partial charge in [-0.15, -0.1) is 0 Å². The second-order valence-electron chi connectivity index (χ2n) is 6.51. The van der Waals surface area contributed by atoms with Crippen LogP contribution in [0.4, 0.5) is 0 Å². The topological polar surface area (TPSA) is 50.5 Å². The molecule has 0 amide bonds. The van der Waals surface area contributed by atoms with Gasteiger partial charge in [0.25, 0.3) is 0 Å². The predicted octanol–water partition coefficient (Wildman–Crippen LogP) is 3.37. The van der Waals surface area contributed by atoms with Crippen molar-refractivity contribution in [3.63, 3.8) is 0 Å². The number of fused-ring (bicyclic) bond motifs is 1. The fraction of sp³-hybridized carbons (Fsp3) is 0.421. The minimum Gasteiger partial charge on any atom is -0.494 e. The Morgan fingerprint density at radius 1 is 1.25 bits per heavy atom. The molecule has 2 heterocycles. The average molecular weight is 325 g/mol. The lowest BCUT2D eigenvalue weighted by Crippen LogP contribution is -2.32. The summed E-state index contributed by atoms with van der Waals surface area (Å²) in [6.07, 6.45) is 8.00. The average Bonchev–Trinajstić information content (AvgIpc) is 3.06. The summed E-state index contributed by atoms with van der Waals surface area (Å²) in [5.74, 6) is 0.763. The van der Waals surface area contributed by atoms with Crippen LogP contribution in [0.25, 0.3) is 5.69 Å². The molecule has 0 spiro atoms. The van der Waals surface area contributed by atoms with Crippen molar-refractivity contribution in [3.8, 4) is 5.69 Å². The molecule has 1 aromatic carbocycles. The Kier molecular flexibility index (Phi) is 4.15. The highest BCUT2D eigenvalue weighted by molar-refractivity contribution is 5.37. The number of hydrogen-bond donors (Lipinski definition) is 1. The Balaban J connectivity index is 1.51. The van der Waals surface area contributed by atoms with Gasteiger partial charge in [-0.25, -0.2) is 4.68 Å². The van der Waals surface area contributed by atoms with Crippen LogP contribution >= 0.6 is 0 Å². The minimum absolute atomic E-state index is 0.247. The zero-order valence-corrected chi connectivity index (χ0v) is 13.8. The summed E-state index contributed by atoms with van der Waals surface area (Å²) in [6.45, 7) is 2.25. The van der Waals surface area contributed by atoms with Crippen molar-refractivity contribution >= 4 is 0 Å². The molecule has 5 nitrogen and oxygen atoms in total. The van der Waals surface area contributed by atoms with Gasteiger partial charge in [0, 0.05) is 12.2 Å². The van der Waals surface area contributed by atoms with E-state index in [-0.39, 0.29) is 5.88 Å². The first-order valence-electron chi connectivity index (χ1n) is 8.71. The number of ether oxygens (including phenoxy) is 1. The fourth-order valence-electron chi connectivity index (χ4n) is 3.76. The highest BCUT2D eigenvalue weighted by Crippen LogP contribution is 2.35. The van der Waals surface area contributed by atoms with Gasteiger partial charge in [-0.05, 0) is 49.3 Å². The molecule has 0 bridgehead atoms. The summed E-state index contributed by atoms with van der Waals surface area (Å²) in [6, 6.07) is 10.3. The maximum atomic E-state index is 9.89. The first kappa shape index (κ1) is 15.1. The minimum atomic E-state index is 0.247. The third kappa shape index (κ3) is 2.86. The van der Waals surface area contributed by atoms with Gasteiger partial charge >= 0.3 is 0 Å². The van der Waals surface area contributed by atoms with Crippen LogP contribution in [0.15, 0.2) is 48.7 Å². The molecule has 4 rings (SSSR count). The normalized spacial score (nSPS) is 20.2. The van der Waals surface area contributed by atoms with Crippen LogP contribution in [0.5, 0.6) is 0 Å². The molecule has 0 saturated carbocycles. The third-order valence-corrected chi connectivity index (χ3v) is 5.05. The molecule has 5 heteroatoms. The first-order valence-corrected chi connectivity index (χ1v) is 8.71. The van der Waals surface area contributed by atoms with Crippen molar-refractivity contribution in [2.45, 2.75) is 31.6 Å². The van der Waals surface area contributed by atoms with Crippen LogP contribution in [-0.4, -0.2) is 39.5 Å². The molecule has 1 aliphatic carbocycles. The molecule has 0 radical (unpaired) electrons. The van der Waals surface area contributed by atoms with Gasteiger partial charge in [0.2, 0.25) is 5.88 Å². The number of aliphatic hydroxyl groups excluding tert-OH is 1. The van der Waals surface area contributed by atoms with Crippen LogP contribution in [-0.2, 0) is 11.2 Å². The maximum Gasteiger partial charge on any atom is 0.222 e. The molecule has 0 saturated heterocycles. The van der Waals surface area contributed by atoms with E-state index in [0.717, 1.165) is 31.6 Å². The van der Waals surface area contributed by atoms with Gasteiger partial charge in [-0.3, -0.25) is 0 Å². The van der Waals surface area contributed by atoms with Crippen LogP contribution < -0.4 is 0 Å². The number of para-hydroxylation sites is 1. The standard InChI is InChI=1S/C19H23N3O2/c23-19-14-24-12-11-21(19)10-9-15-5-4-8-18-17(15)13-20-22(18)16-6-2-1-3-7-16/h1-3,6-7,13-15,23H,4-5,8-12H2. The number of benzene rings is 1. The van der Waals surface area contributed by atoms with Crippen molar-refractivity contribution in [1.29, 1.82) is 0 Å². The van der Waals surface area contributed by atoms with E-state index in [2.05, 4.69) is 34.0 Å². The molecular formula is C19H23N3O2. The number of aliphatic hydroxyl groups is 1. The third-order valence-electron chi connectivity index (χ3n) is 5.05. The van der Waals surface area contributed by atoms with E-state index in [4.69, 9.17) is 4.74 Å². The van der Waals surface area contributed by atoms with Crippen LogP contribution in [0, 0.1) is 0 Å². The molecule has 2 aromatic rings. The monoisotopic (exact) mass is 325 g/mol. The highest BCUT2D eigenvalue weighted by Gasteiger charge is 2.25. The number of rotatable bonds is 4. The Hall–Kier alpha value is -2.43. The Bertz CT molecular complexity index is 723. The Morgan fingerprint density at radius 2 is 2.12 bits per heavy atom. The molecule has 0 fully saturated rings. The quantitative estimate of drug-likeness (QED) is 0.936. The SMILES string of the molecule is OC1=COCCN1CCC1CCCc2c1cnn2-c1ccccc1. The zero-order chi connectivity index (χ0) is 16.4. The fourth-order valence-corrected chi connectivity index (χ4v) is 3.76. The lowest BCUT2D eigenvalue weighted by Gasteiger charge is -2.29.